The average Bonchev–Trinajstić information content (AvgIpc) is 2.81. The van der Waals surface area contributed by atoms with Gasteiger partial charge in [0.25, 0.3) is 5.69 Å². The third-order valence-electron chi connectivity index (χ3n) is 2.97. The van der Waals surface area contributed by atoms with Gasteiger partial charge < -0.3 is 9.88 Å². The van der Waals surface area contributed by atoms with Crippen molar-refractivity contribution in [3.05, 3.63) is 52.1 Å². The van der Waals surface area contributed by atoms with Gasteiger partial charge in [-0.1, -0.05) is 18.2 Å². The molecule has 0 radical (unpaired) electrons. The Balaban J connectivity index is 2.10. The van der Waals surface area contributed by atoms with Gasteiger partial charge in [-0.15, -0.1) is 10.2 Å². The second-order valence-corrected chi connectivity index (χ2v) is 4.28. The normalized spacial score (nSPS) is 12.3. The van der Waals surface area contributed by atoms with E-state index in [-0.39, 0.29) is 16.7 Å². The molecule has 1 atom stereocenters. The molecule has 0 spiro atoms. The van der Waals surface area contributed by atoms with Crippen LogP contribution >= 0.6 is 0 Å². The highest BCUT2D eigenvalue weighted by atomic mass is 16.6. The standard InChI is InChI=1S/C12H15N5O2/c1-9(13-7-12-15-14-8-16(12)2)10-5-3-4-6-11(10)17(18)19/h3-6,8-9,13H,7H2,1-2H3. The maximum Gasteiger partial charge on any atom is 0.274 e. The third kappa shape index (κ3) is 2.94. The van der Waals surface area contributed by atoms with Gasteiger partial charge in [0, 0.05) is 24.7 Å². The lowest BCUT2D eigenvalue weighted by Gasteiger charge is -2.13. The zero-order chi connectivity index (χ0) is 13.8. The van der Waals surface area contributed by atoms with Crippen molar-refractivity contribution in [1.82, 2.24) is 20.1 Å². The van der Waals surface area contributed by atoms with Crippen LogP contribution in [0.4, 0.5) is 5.69 Å². The molecule has 0 aliphatic rings. The van der Waals surface area contributed by atoms with Crippen LogP contribution in [0, 0.1) is 10.1 Å². The first-order chi connectivity index (χ1) is 9.09. The Bertz CT molecular complexity index is 581. The summed E-state index contributed by atoms with van der Waals surface area (Å²) in [6.45, 7) is 2.39. The quantitative estimate of drug-likeness (QED) is 0.652. The summed E-state index contributed by atoms with van der Waals surface area (Å²) in [5.41, 5.74) is 0.787. The number of nitro groups is 1. The highest BCUT2D eigenvalue weighted by Crippen LogP contribution is 2.24. The van der Waals surface area contributed by atoms with Crippen molar-refractivity contribution in [1.29, 1.82) is 0 Å². The fourth-order valence-electron chi connectivity index (χ4n) is 1.84. The lowest BCUT2D eigenvalue weighted by molar-refractivity contribution is -0.385. The summed E-state index contributed by atoms with van der Waals surface area (Å²) in [5.74, 6) is 0.783. The van der Waals surface area contributed by atoms with Crippen LogP contribution < -0.4 is 5.32 Å². The molecule has 0 saturated carbocycles. The molecule has 0 fully saturated rings. The van der Waals surface area contributed by atoms with E-state index in [2.05, 4.69) is 15.5 Å². The Labute approximate surface area is 110 Å². The molecule has 1 heterocycles. The molecule has 1 aromatic carbocycles. The Morgan fingerprint density at radius 1 is 1.47 bits per heavy atom. The monoisotopic (exact) mass is 261 g/mol. The Morgan fingerprint density at radius 2 is 2.21 bits per heavy atom. The topological polar surface area (TPSA) is 85.9 Å². The Morgan fingerprint density at radius 3 is 2.84 bits per heavy atom. The van der Waals surface area contributed by atoms with Crippen LogP contribution in [0.2, 0.25) is 0 Å². The summed E-state index contributed by atoms with van der Waals surface area (Å²) in [4.78, 5) is 10.6. The summed E-state index contributed by atoms with van der Waals surface area (Å²) in [7, 11) is 1.85. The van der Waals surface area contributed by atoms with Crippen molar-refractivity contribution in [3.63, 3.8) is 0 Å². The van der Waals surface area contributed by atoms with Gasteiger partial charge in [-0.3, -0.25) is 10.1 Å². The SMILES string of the molecule is CC(NCc1nncn1C)c1ccccc1[N+](=O)[O-]. The molecule has 0 bridgehead atoms. The van der Waals surface area contributed by atoms with Gasteiger partial charge >= 0.3 is 0 Å². The predicted molar refractivity (Wildman–Crippen MR) is 69.4 cm³/mol. The summed E-state index contributed by atoms with van der Waals surface area (Å²) in [5, 5.41) is 21.9. The van der Waals surface area contributed by atoms with Gasteiger partial charge in [0.2, 0.25) is 0 Å². The maximum atomic E-state index is 11.0. The molecule has 7 heteroatoms. The predicted octanol–water partition coefficient (Wildman–Crippen LogP) is 1.57. The maximum absolute atomic E-state index is 11.0. The first kappa shape index (κ1) is 13.2. The summed E-state index contributed by atoms with van der Waals surface area (Å²) < 4.78 is 1.80. The number of aromatic nitrogens is 3. The Hall–Kier alpha value is -2.28. The molecule has 19 heavy (non-hydrogen) atoms. The van der Waals surface area contributed by atoms with Crippen LogP contribution in [0.5, 0.6) is 0 Å². The molecule has 0 amide bonds. The van der Waals surface area contributed by atoms with Gasteiger partial charge in [-0.25, -0.2) is 0 Å². The van der Waals surface area contributed by atoms with E-state index < -0.39 is 0 Å². The minimum atomic E-state index is -0.365. The van der Waals surface area contributed by atoms with Gasteiger partial charge in [0.15, 0.2) is 0 Å². The number of benzene rings is 1. The lowest BCUT2D eigenvalue weighted by atomic mass is 10.1. The van der Waals surface area contributed by atoms with E-state index in [0.717, 1.165) is 5.82 Å². The van der Waals surface area contributed by atoms with E-state index >= 15 is 0 Å². The number of hydrogen-bond donors (Lipinski definition) is 1. The first-order valence-electron chi connectivity index (χ1n) is 5.89. The summed E-state index contributed by atoms with van der Waals surface area (Å²) >= 11 is 0. The number of hydrogen-bond acceptors (Lipinski definition) is 5. The molecule has 7 nitrogen and oxygen atoms in total. The minimum absolute atomic E-state index is 0.125. The van der Waals surface area contributed by atoms with E-state index in [4.69, 9.17) is 0 Å². The number of aryl methyl sites for hydroxylation is 1. The molecule has 1 aromatic heterocycles. The third-order valence-corrected chi connectivity index (χ3v) is 2.97. The Kier molecular flexibility index (Phi) is 3.86. The van der Waals surface area contributed by atoms with Crippen molar-refractivity contribution in [2.45, 2.75) is 19.5 Å². The molecule has 2 rings (SSSR count). The van der Waals surface area contributed by atoms with Gasteiger partial charge in [0.05, 0.1) is 11.5 Å². The molecule has 2 aromatic rings. The molecule has 0 saturated heterocycles. The molecular weight excluding hydrogens is 246 g/mol. The fourth-order valence-corrected chi connectivity index (χ4v) is 1.84. The number of nitro benzene ring substituents is 1. The second kappa shape index (κ2) is 5.57. The van der Waals surface area contributed by atoms with Crippen LogP contribution in [0.3, 0.4) is 0 Å². The highest BCUT2D eigenvalue weighted by Gasteiger charge is 2.17. The van der Waals surface area contributed by atoms with E-state index in [9.17, 15) is 10.1 Å². The highest BCUT2D eigenvalue weighted by molar-refractivity contribution is 5.41. The van der Waals surface area contributed by atoms with Crippen molar-refractivity contribution < 1.29 is 4.92 Å². The zero-order valence-corrected chi connectivity index (χ0v) is 10.8. The van der Waals surface area contributed by atoms with Crippen LogP contribution in [0.25, 0.3) is 0 Å². The molecule has 0 aliphatic heterocycles. The first-order valence-corrected chi connectivity index (χ1v) is 5.89. The lowest BCUT2D eigenvalue weighted by Crippen LogP contribution is -2.21. The van der Waals surface area contributed by atoms with Crippen molar-refractivity contribution >= 4 is 5.69 Å². The average molecular weight is 261 g/mol. The molecule has 1 N–H and O–H groups in total. The molecular formula is C12H15N5O2. The number of nitrogens with zero attached hydrogens (tertiary/aromatic N) is 4. The van der Waals surface area contributed by atoms with Crippen LogP contribution in [0.1, 0.15) is 24.4 Å². The van der Waals surface area contributed by atoms with Crippen molar-refractivity contribution in [2.75, 3.05) is 0 Å². The van der Waals surface area contributed by atoms with Gasteiger partial charge in [-0.2, -0.15) is 0 Å². The van der Waals surface area contributed by atoms with E-state index in [1.54, 1.807) is 29.1 Å². The van der Waals surface area contributed by atoms with E-state index in [0.29, 0.717) is 12.1 Å². The zero-order valence-electron chi connectivity index (χ0n) is 10.8. The van der Waals surface area contributed by atoms with E-state index in [1.165, 1.54) is 6.07 Å². The molecule has 0 aliphatic carbocycles. The van der Waals surface area contributed by atoms with Crippen LogP contribution in [-0.4, -0.2) is 19.7 Å². The largest absolute Gasteiger partial charge is 0.320 e. The minimum Gasteiger partial charge on any atom is -0.320 e. The van der Waals surface area contributed by atoms with Gasteiger partial charge in [-0.05, 0) is 6.92 Å². The van der Waals surface area contributed by atoms with Crippen LogP contribution in [-0.2, 0) is 13.6 Å². The smallest absolute Gasteiger partial charge is 0.274 e. The summed E-state index contributed by atoms with van der Waals surface area (Å²) in [6, 6.07) is 6.58. The fraction of sp³-hybridized carbons (Fsp3) is 0.333. The van der Waals surface area contributed by atoms with E-state index in [1.807, 2.05) is 14.0 Å². The van der Waals surface area contributed by atoms with Gasteiger partial charge in [0.1, 0.15) is 12.2 Å². The van der Waals surface area contributed by atoms with Crippen molar-refractivity contribution in [3.8, 4) is 0 Å². The number of nitrogens with one attached hydrogen (secondary N) is 1. The molecule has 100 valence electrons. The number of para-hydroxylation sites is 1. The second-order valence-electron chi connectivity index (χ2n) is 4.28. The number of rotatable bonds is 5. The molecule has 1 unspecified atom stereocenters. The van der Waals surface area contributed by atoms with Crippen molar-refractivity contribution in [2.24, 2.45) is 7.05 Å². The summed E-state index contributed by atoms with van der Waals surface area (Å²) in [6.07, 6.45) is 1.62. The van der Waals surface area contributed by atoms with Crippen LogP contribution in [0.15, 0.2) is 30.6 Å².